The SMILES string of the molecule is Cc1cc(C(=O)NCCCS(C)=O)cc(S(=O)(=O)Cl)c1Cl. The van der Waals surface area contributed by atoms with Crippen molar-refractivity contribution >= 4 is 48.0 Å². The summed E-state index contributed by atoms with van der Waals surface area (Å²) in [4.78, 5) is 11.7. The lowest BCUT2D eigenvalue weighted by Gasteiger charge is -2.09. The van der Waals surface area contributed by atoms with Crippen molar-refractivity contribution in [1.29, 1.82) is 0 Å². The predicted molar refractivity (Wildman–Crippen MR) is 85.1 cm³/mol. The first-order valence-electron chi connectivity index (χ1n) is 5.96. The van der Waals surface area contributed by atoms with Gasteiger partial charge in [-0.05, 0) is 31.0 Å². The van der Waals surface area contributed by atoms with Gasteiger partial charge in [-0.25, -0.2) is 8.42 Å². The van der Waals surface area contributed by atoms with Crippen LogP contribution in [0.1, 0.15) is 22.3 Å². The monoisotopic (exact) mass is 371 g/mol. The molecule has 118 valence electrons. The van der Waals surface area contributed by atoms with Crippen LogP contribution in [0.4, 0.5) is 0 Å². The van der Waals surface area contributed by atoms with E-state index in [1.165, 1.54) is 6.07 Å². The molecule has 1 amide bonds. The molecule has 1 aromatic rings. The molecule has 9 heteroatoms. The van der Waals surface area contributed by atoms with E-state index in [-0.39, 0.29) is 15.5 Å². The maximum atomic E-state index is 12.0. The highest BCUT2D eigenvalue weighted by atomic mass is 35.7. The number of hydrogen-bond donors (Lipinski definition) is 1. The van der Waals surface area contributed by atoms with E-state index < -0.39 is 25.8 Å². The normalized spacial score (nSPS) is 13.0. The molecule has 1 N–H and O–H groups in total. The van der Waals surface area contributed by atoms with E-state index in [1.54, 1.807) is 13.2 Å². The first-order valence-corrected chi connectivity index (χ1v) is 10.4. The molecule has 21 heavy (non-hydrogen) atoms. The van der Waals surface area contributed by atoms with Crippen molar-refractivity contribution in [2.45, 2.75) is 18.2 Å². The van der Waals surface area contributed by atoms with Gasteiger partial charge >= 0.3 is 0 Å². The van der Waals surface area contributed by atoms with Crippen molar-refractivity contribution in [3.63, 3.8) is 0 Å². The number of carbonyl (C=O) groups excluding carboxylic acids is 1. The van der Waals surface area contributed by atoms with Crippen LogP contribution < -0.4 is 5.32 Å². The zero-order valence-corrected chi connectivity index (χ0v) is 14.6. The van der Waals surface area contributed by atoms with Gasteiger partial charge in [0.2, 0.25) is 0 Å². The van der Waals surface area contributed by atoms with Crippen LogP contribution >= 0.6 is 22.3 Å². The number of halogens is 2. The Bertz CT molecular complexity index is 674. The van der Waals surface area contributed by atoms with Crippen molar-refractivity contribution < 1.29 is 17.4 Å². The van der Waals surface area contributed by atoms with Crippen molar-refractivity contribution in [2.75, 3.05) is 18.6 Å². The summed E-state index contributed by atoms with van der Waals surface area (Å²) in [6.45, 7) is 1.94. The van der Waals surface area contributed by atoms with Crippen molar-refractivity contribution in [1.82, 2.24) is 5.32 Å². The van der Waals surface area contributed by atoms with Gasteiger partial charge in [0.25, 0.3) is 15.0 Å². The van der Waals surface area contributed by atoms with Gasteiger partial charge in [0.05, 0.1) is 5.02 Å². The summed E-state index contributed by atoms with van der Waals surface area (Å²) in [5, 5.41) is 2.63. The third kappa shape index (κ3) is 5.58. The van der Waals surface area contributed by atoms with Gasteiger partial charge in [-0.2, -0.15) is 0 Å². The smallest absolute Gasteiger partial charge is 0.262 e. The fourth-order valence-electron chi connectivity index (χ4n) is 1.63. The molecule has 1 aromatic carbocycles. The van der Waals surface area contributed by atoms with Gasteiger partial charge in [0.1, 0.15) is 4.90 Å². The average molecular weight is 372 g/mol. The van der Waals surface area contributed by atoms with Gasteiger partial charge in [-0.15, -0.1) is 0 Å². The largest absolute Gasteiger partial charge is 0.352 e. The van der Waals surface area contributed by atoms with E-state index in [0.29, 0.717) is 24.3 Å². The standard InChI is InChI=1S/C12H15Cl2NO4S2/c1-8-6-9(7-10(11(8)13)21(14,18)19)12(16)15-4-3-5-20(2)17/h6-7H,3-5H2,1-2H3,(H,15,16). The van der Waals surface area contributed by atoms with Crippen LogP contribution in [-0.2, 0) is 19.9 Å². The predicted octanol–water partition coefficient (Wildman–Crippen LogP) is 2.07. The third-order valence-electron chi connectivity index (χ3n) is 2.64. The topological polar surface area (TPSA) is 80.3 Å². The number of carbonyl (C=O) groups is 1. The Balaban J connectivity index is 2.91. The lowest BCUT2D eigenvalue weighted by molar-refractivity contribution is 0.0953. The minimum atomic E-state index is -4.03. The Hall–Kier alpha value is -0.630. The van der Waals surface area contributed by atoms with Crippen LogP contribution in [0.5, 0.6) is 0 Å². The molecule has 0 aliphatic rings. The van der Waals surface area contributed by atoms with Gasteiger partial charge in [0, 0.05) is 45.6 Å². The second-order valence-corrected chi connectivity index (χ2v) is 8.90. The van der Waals surface area contributed by atoms with Crippen LogP contribution in [0.2, 0.25) is 5.02 Å². The van der Waals surface area contributed by atoms with Crippen LogP contribution in [0, 0.1) is 6.92 Å². The average Bonchev–Trinajstić information content (AvgIpc) is 2.35. The quantitative estimate of drug-likeness (QED) is 0.612. The highest BCUT2D eigenvalue weighted by molar-refractivity contribution is 8.13. The summed E-state index contributed by atoms with van der Waals surface area (Å²) in [5.74, 6) is 0.0551. The zero-order valence-electron chi connectivity index (χ0n) is 11.5. The molecular formula is C12H15Cl2NO4S2. The maximum absolute atomic E-state index is 12.0. The maximum Gasteiger partial charge on any atom is 0.262 e. The summed E-state index contributed by atoms with van der Waals surface area (Å²) in [6, 6.07) is 2.63. The Labute approximate surface area is 135 Å². The molecule has 0 aliphatic heterocycles. The van der Waals surface area contributed by atoms with E-state index in [9.17, 15) is 17.4 Å². The molecule has 0 radical (unpaired) electrons. The number of rotatable bonds is 6. The van der Waals surface area contributed by atoms with Gasteiger partial charge < -0.3 is 5.32 Å². The lowest BCUT2D eigenvalue weighted by atomic mass is 10.1. The Kier molecular flexibility index (Phi) is 6.65. The molecular weight excluding hydrogens is 357 g/mol. The van der Waals surface area contributed by atoms with Gasteiger partial charge in [0.15, 0.2) is 0 Å². The molecule has 0 saturated carbocycles. The molecule has 0 spiro atoms. The van der Waals surface area contributed by atoms with Crippen LogP contribution in [-0.4, -0.2) is 37.1 Å². The highest BCUT2D eigenvalue weighted by Crippen LogP contribution is 2.29. The second-order valence-electron chi connectivity index (χ2n) is 4.43. The van der Waals surface area contributed by atoms with Crippen LogP contribution in [0.3, 0.4) is 0 Å². The summed E-state index contributed by atoms with van der Waals surface area (Å²) < 4.78 is 33.8. The summed E-state index contributed by atoms with van der Waals surface area (Å²) in [7, 11) is 0.356. The number of benzene rings is 1. The molecule has 1 unspecified atom stereocenters. The van der Waals surface area contributed by atoms with E-state index in [4.69, 9.17) is 22.3 Å². The molecule has 0 aromatic heterocycles. The minimum absolute atomic E-state index is 0.00271. The van der Waals surface area contributed by atoms with Crippen LogP contribution in [0.25, 0.3) is 0 Å². The van der Waals surface area contributed by atoms with E-state index >= 15 is 0 Å². The summed E-state index contributed by atoms with van der Waals surface area (Å²) >= 11 is 5.89. The van der Waals surface area contributed by atoms with E-state index in [1.807, 2.05) is 0 Å². The number of nitrogens with one attached hydrogen (secondary N) is 1. The second kappa shape index (κ2) is 7.58. The van der Waals surface area contributed by atoms with Gasteiger partial charge in [-0.1, -0.05) is 11.6 Å². The zero-order chi connectivity index (χ0) is 16.2. The molecule has 0 bridgehead atoms. The number of aryl methyl sites for hydroxylation is 1. The third-order valence-corrected chi connectivity index (χ3v) is 5.46. The van der Waals surface area contributed by atoms with Crippen molar-refractivity contribution in [2.24, 2.45) is 0 Å². The molecule has 1 rings (SSSR count). The first kappa shape index (κ1) is 18.4. The molecule has 0 fully saturated rings. The highest BCUT2D eigenvalue weighted by Gasteiger charge is 2.19. The fourth-order valence-corrected chi connectivity index (χ4v) is 3.72. The molecule has 0 saturated heterocycles. The molecule has 1 atom stereocenters. The Morgan fingerprint density at radius 1 is 1.38 bits per heavy atom. The number of amides is 1. The first-order chi connectivity index (χ1) is 9.62. The van der Waals surface area contributed by atoms with Crippen molar-refractivity contribution in [3.8, 4) is 0 Å². The Morgan fingerprint density at radius 2 is 2.00 bits per heavy atom. The molecule has 0 aliphatic carbocycles. The summed E-state index contributed by atoms with van der Waals surface area (Å²) in [5.41, 5.74) is 0.604. The van der Waals surface area contributed by atoms with E-state index in [2.05, 4.69) is 5.32 Å². The van der Waals surface area contributed by atoms with E-state index in [0.717, 1.165) is 6.07 Å². The fraction of sp³-hybridized carbons (Fsp3) is 0.417. The van der Waals surface area contributed by atoms with Crippen LogP contribution in [0.15, 0.2) is 17.0 Å². The lowest BCUT2D eigenvalue weighted by Crippen LogP contribution is -2.25. The number of hydrogen-bond acceptors (Lipinski definition) is 4. The van der Waals surface area contributed by atoms with Gasteiger partial charge in [-0.3, -0.25) is 9.00 Å². The minimum Gasteiger partial charge on any atom is -0.352 e. The van der Waals surface area contributed by atoms with Crippen molar-refractivity contribution in [3.05, 3.63) is 28.3 Å². The molecule has 0 heterocycles. The Morgan fingerprint density at radius 3 is 2.52 bits per heavy atom. The molecule has 5 nitrogen and oxygen atoms in total. The summed E-state index contributed by atoms with van der Waals surface area (Å²) in [6.07, 6.45) is 2.16.